The van der Waals surface area contributed by atoms with E-state index in [1.54, 1.807) is 12.1 Å². The molecular formula is C20H23BrO2. The Labute approximate surface area is 146 Å². The van der Waals surface area contributed by atoms with Gasteiger partial charge in [-0.3, -0.25) is 0 Å². The van der Waals surface area contributed by atoms with E-state index in [2.05, 4.69) is 28.9 Å². The van der Waals surface area contributed by atoms with Gasteiger partial charge >= 0.3 is 5.97 Å². The fourth-order valence-corrected chi connectivity index (χ4v) is 5.59. The summed E-state index contributed by atoms with van der Waals surface area (Å²) < 4.78 is 6.50. The number of benzene rings is 1. The Morgan fingerprint density at radius 1 is 1.22 bits per heavy atom. The van der Waals surface area contributed by atoms with E-state index in [1.807, 2.05) is 12.1 Å². The van der Waals surface area contributed by atoms with Crippen LogP contribution in [0.3, 0.4) is 0 Å². The molecule has 0 N–H and O–H groups in total. The minimum atomic E-state index is -0.207. The van der Waals surface area contributed by atoms with Gasteiger partial charge in [0.1, 0.15) is 0 Å². The number of carbonyl (C=O) groups is 1. The first-order valence-corrected chi connectivity index (χ1v) is 9.54. The highest BCUT2D eigenvalue weighted by Gasteiger charge is 2.52. The van der Waals surface area contributed by atoms with Crippen molar-refractivity contribution in [2.24, 2.45) is 29.6 Å². The molecule has 0 amide bonds. The van der Waals surface area contributed by atoms with Crippen LogP contribution in [0.25, 0.3) is 0 Å². The molecule has 0 saturated heterocycles. The SMILES string of the molecule is CC1=C[C@@H]2[C@H]3CC[C@H](C3)[C@@H]2[C@H]1CCOC(=O)c1ccc(Br)cc1. The van der Waals surface area contributed by atoms with Gasteiger partial charge in [-0.2, -0.15) is 0 Å². The zero-order valence-electron chi connectivity index (χ0n) is 13.5. The molecule has 3 aliphatic carbocycles. The Morgan fingerprint density at radius 2 is 1.96 bits per heavy atom. The summed E-state index contributed by atoms with van der Waals surface area (Å²) in [6.07, 6.45) is 7.81. The fraction of sp³-hybridized carbons (Fsp3) is 0.550. The molecule has 1 aromatic carbocycles. The molecule has 2 saturated carbocycles. The lowest BCUT2D eigenvalue weighted by Gasteiger charge is -2.30. The van der Waals surface area contributed by atoms with Crippen molar-refractivity contribution in [1.82, 2.24) is 0 Å². The molecule has 2 nitrogen and oxygen atoms in total. The van der Waals surface area contributed by atoms with Crippen molar-refractivity contribution in [2.75, 3.05) is 6.61 Å². The predicted octanol–water partition coefficient (Wildman–Crippen LogP) is 5.23. The summed E-state index contributed by atoms with van der Waals surface area (Å²) in [6.45, 7) is 2.81. The Hall–Kier alpha value is -1.09. The van der Waals surface area contributed by atoms with Crippen LogP contribution in [0.15, 0.2) is 40.4 Å². The molecule has 2 bridgehead atoms. The lowest BCUT2D eigenvalue weighted by molar-refractivity contribution is 0.0469. The van der Waals surface area contributed by atoms with Crippen LogP contribution in [-0.2, 0) is 4.74 Å². The van der Waals surface area contributed by atoms with Crippen LogP contribution in [0.2, 0.25) is 0 Å². The van der Waals surface area contributed by atoms with Gasteiger partial charge in [-0.1, -0.05) is 27.6 Å². The van der Waals surface area contributed by atoms with Crippen molar-refractivity contribution < 1.29 is 9.53 Å². The Morgan fingerprint density at radius 3 is 2.74 bits per heavy atom. The number of allylic oxidation sites excluding steroid dienone is 2. The van der Waals surface area contributed by atoms with Gasteiger partial charge in [0, 0.05) is 4.47 Å². The lowest BCUT2D eigenvalue weighted by Crippen LogP contribution is -2.25. The second kappa shape index (κ2) is 6.08. The van der Waals surface area contributed by atoms with Crippen molar-refractivity contribution in [1.29, 1.82) is 0 Å². The Balaban J connectivity index is 1.34. The van der Waals surface area contributed by atoms with Crippen molar-refractivity contribution in [3.8, 4) is 0 Å². The standard InChI is InChI=1S/C20H23BrO2/c1-12-10-18-14-2-3-15(11-14)19(18)17(12)8-9-23-20(22)13-4-6-16(21)7-5-13/h4-7,10,14-15,17-19H,2-3,8-9,11H2,1H3/t14-,15+,17-,18+,19+/m0/s1. The van der Waals surface area contributed by atoms with Gasteiger partial charge in [0.15, 0.2) is 0 Å². The molecule has 0 aromatic heterocycles. The second-order valence-corrected chi connectivity index (χ2v) is 8.35. The summed E-state index contributed by atoms with van der Waals surface area (Å²) in [5.74, 6) is 3.94. The molecule has 0 radical (unpaired) electrons. The number of ether oxygens (including phenoxy) is 1. The average Bonchev–Trinajstić information content (AvgIpc) is 3.21. The number of rotatable bonds is 4. The Kier molecular flexibility index (Phi) is 4.08. The number of hydrogen-bond acceptors (Lipinski definition) is 2. The summed E-state index contributed by atoms with van der Waals surface area (Å²) >= 11 is 3.38. The van der Waals surface area contributed by atoms with Gasteiger partial charge in [-0.15, -0.1) is 0 Å². The highest BCUT2D eigenvalue weighted by atomic mass is 79.9. The third-order valence-electron chi connectivity index (χ3n) is 6.29. The quantitative estimate of drug-likeness (QED) is 0.532. The fourth-order valence-electron chi connectivity index (χ4n) is 5.32. The zero-order chi connectivity index (χ0) is 16.0. The number of hydrogen-bond donors (Lipinski definition) is 0. The van der Waals surface area contributed by atoms with E-state index in [0.717, 1.165) is 34.6 Å². The minimum absolute atomic E-state index is 0.207. The summed E-state index contributed by atoms with van der Waals surface area (Å²) in [5, 5.41) is 0. The van der Waals surface area contributed by atoms with Crippen LogP contribution in [0.1, 0.15) is 43.0 Å². The molecule has 3 heteroatoms. The molecule has 1 aromatic rings. The van der Waals surface area contributed by atoms with Crippen molar-refractivity contribution in [3.05, 3.63) is 46.0 Å². The topological polar surface area (TPSA) is 26.3 Å². The van der Waals surface area contributed by atoms with Crippen molar-refractivity contribution in [3.63, 3.8) is 0 Å². The van der Waals surface area contributed by atoms with E-state index in [9.17, 15) is 4.79 Å². The molecule has 5 atom stereocenters. The highest BCUT2D eigenvalue weighted by molar-refractivity contribution is 9.10. The summed E-state index contributed by atoms with van der Waals surface area (Å²) in [4.78, 5) is 12.1. The van der Waals surface area contributed by atoms with E-state index in [4.69, 9.17) is 4.74 Å². The van der Waals surface area contributed by atoms with Crippen LogP contribution in [0, 0.1) is 29.6 Å². The van der Waals surface area contributed by atoms with Gasteiger partial charge in [-0.05, 0) is 86.5 Å². The minimum Gasteiger partial charge on any atom is -0.462 e. The Bertz CT molecular complexity index is 634. The van der Waals surface area contributed by atoms with Gasteiger partial charge in [0.2, 0.25) is 0 Å². The predicted molar refractivity (Wildman–Crippen MR) is 94.1 cm³/mol. The summed E-state index contributed by atoms with van der Waals surface area (Å²) in [6, 6.07) is 7.36. The van der Waals surface area contributed by atoms with Crippen molar-refractivity contribution >= 4 is 21.9 Å². The second-order valence-electron chi connectivity index (χ2n) is 7.44. The van der Waals surface area contributed by atoms with Gasteiger partial charge in [0.05, 0.1) is 12.2 Å². The van der Waals surface area contributed by atoms with Gasteiger partial charge < -0.3 is 4.74 Å². The number of halogens is 1. The van der Waals surface area contributed by atoms with Gasteiger partial charge in [-0.25, -0.2) is 4.79 Å². The normalized spacial score (nSPS) is 34.3. The van der Waals surface area contributed by atoms with Gasteiger partial charge in [0.25, 0.3) is 0 Å². The number of esters is 1. The molecule has 2 fully saturated rings. The first kappa shape index (κ1) is 15.4. The zero-order valence-corrected chi connectivity index (χ0v) is 15.1. The van der Waals surface area contributed by atoms with Crippen molar-refractivity contribution in [2.45, 2.75) is 32.6 Å². The first-order chi connectivity index (χ1) is 11.1. The number of carbonyl (C=O) groups excluding carboxylic acids is 1. The molecule has 0 spiro atoms. The third kappa shape index (κ3) is 2.77. The highest BCUT2D eigenvalue weighted by Crippen LogP contribution is 2.60. The largest absolute Gasteiger partial charge is 0.462 e. The molecular weight excluding hydrogens is 352 g/mol. The number of fused-ring (bicyclic) bond motifs is 5. The molecule has 4 rings (SSSR count). The molecule has 0 aliphatic heterocycles. The molecule has 23 heavy (non-hydrogen) atoms. The average molecular weight is 375 g/mol. The maximum atomic E-state index is 12.1. The smallest absolute Gasteiger partial charge is 0.338 e. The molecule has 122 valence electrons. The summed E-state index contributed by atoms with van der Waals surface area (Å²) in [5.41, 5.74) is 2.17. The first-order valence-electron chi connectivity index (χ1n) is 8.74. The van der Waals surface area contributed by atoms with Crippen LogP contribution in [0.5, 0.6) is 0 Å². The monoisotopic (exact) mass is 374 g/mol. The summed E-state index contributed by atoms with van der Waals surface area (Å²) in [7, 11) is 0. The van der Waals surface area contributed by atoms with Crippen LogP contribution in [0.4, 0.5) is 0 Å². The van der Waals surface area contributed by atoms with E-state index in [0.29, 0.717) is 18.1 Å². The third-order valence-corrected chi connectivity index (χ3v) is 6.82. The van der Waals surface area contributed by atoms with Crippen LogP contribution >= 0.6 is 15.9 Å². The molecule has 0 heterocycles. The van der Waals surface area contributed by atoms with E-state index < -0.39 is 0 Å². The van der Waals surface area contributed by atoms with E-state index in [1.165, 1.54) is 24.8 Å². The van der Waals surface area contributed by atoms with Crippen LogP contribution in [-0.4, -0.2) is 12.6 Å². The van der Waals surface area contributed by atoms with Crippen LogP contribution < -0.4 is 0 Å². The maximum Gasteiger partial charge on any atom is 0.338 e. The lowest BCUT2D eigenvalue weighted by atomic mass is 9.75. The van der Waals surface area contributed by atoms with E-state index >= 15 is 0 Å². The molecule has 3 aliphatic rings. The van der Waals surface area contributed by atoms with E-state index in [-0.39, 0.29) is 5.97 Å². The molecule has 0 unspecified atom stereocenters. The maximum absolute atomic E-state index is 12.1.